The molecule has 0 aliphatic carbocycles. The third-order valence-electron chi connectivity index (χ3n) is 4.83. The van der Waals surface area contributed by atoms with E-state index in [-0.39, 0.29) is 5.97 Å². The summed E-state index contributed by atoms with van der Waals surface area (Å²) < 4.78 is 4.98. The smallest absolute Gasteiger partial charge is 0.338 e. The quantitative estimate of drug-likeness (QED) is 0.388. The summed E-state index contributed by atoms with van der Waals surface area (Å²) in [6.07, 6.45) is 0. The molecule has 2 nitrogen and oxygen atoms in total. The monoisotopic (exact) mass is 364 g/mol. The van der Waals surface area contributed by atoms with Crippen molar-refractivity contribution >= 4 is 5.97 Å². The molecule has 0 aromatic heterocycles. The van der Waals surface area contributed by atoms with E-state index in [1.807, 2.05) is 54.6 Å². The molecule has 0 aliphatic heterocycles. The SMILES string of the molecule is COC(=O)c1ccccc1-c1ccccc1-c1cccc(-c2ccccc2)c1. The first-order chi connectivity index (χ1) is 13.8. The van der Waals surface area contributed by atoms with E-state index >= 15 is 0 Å². The van der Waals surface area contributed by atoms with Crippen LogP contribution in [0.5, 0.6) is 0 Å². The molecule has 0 fully saturated rings. The molecule has 4 rings (SSSR count). The molecule has 0 atom stereocenters. The Morgan fingerprint density at radius 2 is 1.14 bits per heavy atom. The Balaban J connectivity index is 1.86. The Morgan fingerprint density at radius 3 is 1.89 bits per heavy atom. The number of carbonyl (C=O) groups is 1. The van der Waals surface area contributed by atoms with Gasteiger partial charge >= 0.3 is 5.97 Å². The standard InChI is InChI=1S/C26H20O2/c1-28-26(27)25-17-8-7-16-24(25)23-15-6-5-14-22(23)21-13-9-12-20(18-21)19-10-3-2-4-11-19/h2-18H,1H3. The molecule has 0 radical (unpaired) electrons. The average molecular weight is 364 g/mol. The van der Waals surface area contributed by atoms with Crippen LogP contribution in [0.3, 0.4) is 0 Å². The Hall–Kier alpha value is -3.65. The number of methoxy groups -OCH3 is 1. The van der Waals surface area contributed by atoms with Gasteiger partial charge in [-0.1, -0.05) is 91.0 Å². The topological polar surface area (TPSA) is 26.3 Å². The maximum atomic E-state index is 12.3. The second-order valence-electron chi connectivity index (χ2n) is 6.53. The number of hydrogen-bond donors (Lipinski definition) is 0. The summed E-state index contributed by atoms with van der Waals surface area (Å²) in [6, 6.07) is 34.5. The van der Waals surface area contributed by atoms with E-state index < -0.39 is 0 Å². The lowest BCUT2D eigenvalue weighted by Gasteiger charge is -2.14. The highest BCUT2D eigenvalue weighted by atomic mass is 16.5. The highest BCUT2D eigenvalue weighted by Crippen LogP contribution is 2.35. The van der Waals surface area contributed by atoms with Crippen LogP contribution in [-0.4, -0.2) is 13.1 Å². The first-order valence-electron chi connectivity index (χ1n) is 9.20. The number of rotatable bonds is 4. The van der Waals surface area contributed by atoms with Crippen molar-refractivity contribution in [3.8, 4) is 33.4 Å². The Labute approximate surface area is 165 Å². The van der Waals surface area contributed by atoms with Gasteiger partial charge in [0.05, 0.1) is 12.7 Å². The molecule has 0 heterocycles. The van der Waals surface area contributed by atoms with Crippen LogP contribution in [0, 0.1) is 0 Å². The van der Waals surface area contributed by atoms with Crippen molar-refractivity contribution in [2.75, 3.05) is 7.11 Å². The van der Waals surface area contributed by atoms with Gasteiger partial charge in [-0.15, -0.1) is 0 Å². The number of carbonyl (C=O) groups excluding carboxylic acids is 1. The van der Waals surface area contributed by atoms with Crippen LogP contribution in [0.25, 0.3) is 33.4 Å². The van der Waals surface area contributed by atoms with Crippen molar-refractivity contribution in [3.63, 3.8) is 0 Å². The molecule has 4 aromatic carbocycles. The van der Waals surface area contributed by atoms with Crippen LogP contribution in [0.4, 0.5) is 0 Å². The van der Waals surface area contributed by atoms with Gasteiger partial charge in [-0.3, -0.25) is 0 Å². The Bertz CT molecular complexity index is 1110. The highest BCUT2D eigenvalue weighted by Gasteiger charge is 2.15. The van der Waals surface area contributed by atoms with Gasteiger partial charge in [-0.2, -0.15) is 0 Å². The molecule has 2 heteroatoms. The molecule has 0 spiro atoms. The summed E-state index contributed by atoms with van der Waals surface area (Å²) in [6.45, 7) is 0. The van der Waals surface area contributed by atoms with Crippen molar-refractivity contribution in [2.24, 2.45) is 0 Å². The van der Waals surface area contributed by atoms with Gasteiger partial charge in [0.2, 0.25) is 0 Å². The van der Waals surface area contributed by atoms with Crippen LogP contribution >= 0.6 is 0 Å². The summed E-state index contributed by atoms with van der Waals surface area (Å²) in [5, 5.41) is 0. The molecule has 28 heavy (non-hydrogen) atoms. The summed E-state index contributed by atoms with van der Waals surface area (Å²) >= 11 is 0. The van der Waals surface area contributed by atoms with E-state index in [0.29, 0.717) is 5.56 Å². The molecular formula is C26H20O2. The van der Waals surface area contributed by atoms with Gasteiger partial charge in [-0.25, -0.2) is 4.79 Å². The number of benzene rings is 4. The summed E-state index contributed by atoms with van der Waals surface area (Å²) in [5.41, 5.74) is 6.97. The van der Waals surface area contributed by atoms with Crippen LogP contribution in [-0.2, 0) is 4.74 Å². The Kier molecular flexibility index (Phi) is 5.03. The predicted molar refractivity (Wildman–Crippen MR) is 114 cm³/mol. The first kappa shape index (κ1) is 17.7. The minimum atomic E-state index is -0.330. The van der Waals surface area contributed by atoms with E-state index in [0.717, 1.165) is 27.8 Å². The van der Waals surface area contributed by atoms with E-state index in [4.69, 9.17) is 4.74 Å². The van der Waals surface area contributed by atoms with Gasteiger partial charge in [0.1, 0.15) is 0 Å². The summed E-state index contributed by atoms with van der Waals surface area (Å²) in [7, 11) is 1.41. The molecule has 0 bridgehead atoms. The maximum Gasteiger partial charge on any atom is 0.338 e. The number of ether oxygens (including phenoxy) is 1. The van der Waals surface area contributed by atoms with Crippen molar-refractivity contribution in [1.82, 2.24) is 0 Å². The van der Waals surface area contributed by atoms with Crippen molar-refractivity contribution in [2.45, 2.75) is 0 Å². The molecular weight excluding hydrogens is 344 g/mol. The third kappa shape index (κ3) is 3.45. The minimum absolute atomic E-state index is 0.330. The van der Waals surface area contributed by atoms with Gasteiger partial charge < -0.3 is 4.74 Å². The van der Waals surface area contributed by atoms with Crippen molar-refractivity contribution in [1.29, 1.82) is 0 Å². The molecule has 0 aliphatic rings. The zero-order valence-electron chi connectivity index (χ0n) is 15.6. The van der Waals surface area contributed by atoms with Crippen LogP contribution < -0.4 is 0 Å². The van der Waals surface area contributed by atoms with E-state index in [9.17, 15) is 4.79 Å². The van der Waals surface area contributed by atoms with E-state index in [1.54, 1.807) is 6.07 Å². The third-order valence-corrected chi connectivity index (χ3v) is 4.83. The molecule has 4 aromatic rings. The second kappa shape index (κ2) is 7.93. The molecule has 136 valence electrons. The number of hydrogen-bond acceptors (Lipinski definition) is 2. The molecule has 0 unspecified atom stereocenters. The first-order valence-corrected chi connectivity index (χ1v) is 9.20. The van der Waals surface area contributed by atoms with Gasteiger partial charge in [0.25, 0.3) is 0 Å². The molecule has 0 saturated heterocycles. The normalized spacial score (nSPS) is 10.5. The Morgan fingerprint density at radius 1 is 0.571 bits per heavy atom. The number of esters is 1. The summed E-state index contributed by atoms with van der Waals surface area (Å²) in [4.78, 5) is 12.3. The lowest BCUT2D eigenvalue weighted by Crippen LogP contribution is -2.03. The second-order valence-corrected chi connectivity index (χ2v) is 6.53. The van der Waals surface area contributed by atoms with Gasteiger partial charge in [0, 0.05) is 0 Å². The predicted octanol–water partition coefficient (Wildman–Crippen LogP) is 6.47. The van der Waals surface area contributed by atoms with E-state index in [1.165, 1.54) is 12.7 Å². The summed E-state index contributed by atoms with van der Waals surface area (Å²) in [5.74, 6) is -0.330. The molecule has 0 amide bonds. The zero-order valence-corrected chi connectivity index (χ0v) is 15.6. The molecule has 0 saturated carbocycles. The fourth-order valence-corrected chi connectivity index (χ4v) is 3.47. The molecule has 0 N–H and O–H groups in total. The fraction of sp³-hybridized carbons (Fsp3) is 0.0385. The van der Waals surface area contributed by atoms with Crippen LogP contribution in [0.2, 0.25) is 0 Å². The van der Waals surface area contributed by atoms with Crippen LogP contribution in [0.1, 0.15) is 10.4 Å². The van der Waals surface area contributed by atoms with Crippen LogP contribution in [0.15, 0.2) is 103 Å². The zero-order chi connectivity index (χ0) is 19.3. The van der Waals surface area contributed by atoms with Gasteiger partial charge in [-0.05, 0) is 45.5 Å². The highest BCUT2D eigenvalue weighted by molar-refractivity contribution is 6.00. The van der Waals surface area contributed by atoms with E-state index in [2.05, 4.69) is 42.5 Å². The lowest BCUT2D eigenvalue weighted by atomic mass is 9.90. The fourth-order valence-electron chi connectivity index (χ4n) is 3.47. The van der Waals surface area contributed by atoms with Crippen molar-refractivity contribution in [3.05, 3.63) is 109 Å². The van der Waals surface area contributed by atoms with Gasteiger partial charge in [0.15, 0.2) is 0 Å². The largest absolute Gasteiger partial charge is 0.465 e. The maximum absolute atomic E-state index is 12.3. The minimum Gasteiger partial charge on any atom is -0.465 e. The lowest BCUT2D eigenvalue weighted by molar-refractivity contribution is 0.0601. The van der Waals surface area contributed by atoms with Crippen molar-refractivity contribution < 1.29 is 9.53 Å². The average Bonchev–Trinajstić information content (AvgIpc) is 2.79.